The van der Waals surface area contributed by atoms with E-state index in [0.717, 1.165) is 24.3 Å². The van der Waals surface area contributed by atoms with E-state index in [9.17, 15) is 4.79 Å². The number of hydrogen-bond acceptors (Lipinski definition) is 4. The summed E-state index contributed by atoms with van der Waals surface area (Å²) in [6, 6.07) is 5.23. The highest BCUT2D eigenvalue weighted by molar-refractivity contribution is 5.73. The van der Waals surface area contributed by atoms with E-state index in [-0.39, 0.29) is 0 Å². The topological polar surface area (TPSA) is 75.8 Å². The molecule has 0 spiro atoms. The first kappa shape index (κ1) is 15.5. The van der Waals surface area contributed by atoms with Gasteiger partial charge in [-0.3, -0.25) is 4.79 Å². The first-order valence-electron chi connectivity index (χ1n) is 6.24. The molecule has 0 fully saturated rings. The van der Waals surface area contributed by atoms with Crippen LogP contribution in [0, 0.1) is 6.92 Å². The van der Waals surface area contributed by atoms with Gasteiger partial charge in [-0.2, -0.15) is 0 Å². The van der Waals surface area contributed by atoms with Crippen LogP contribution in [-0.2, 0) is 11.2 Å². The molecule has 1 rings (SSSR count). The predicted molar refractivity (Wildman–Crippen MR) is 74.5 cm³/mol. The molecule has 1 atom stereocenters. The summed E-state index contributed by atoms with van der Waals surface area (Å²) in [4.78, 5) is 12.6. The molecule has 0 amide bonds. The minimum Gasteiger partial charge on any atom is -0.496 e. The molecule has 1 aromatic carbocycles. The second kappa shape index (κ2) is 7.11. The molecule has 0 radical (unpaired) electrons. The number of hydrogen-bond donors (Lipinski definition) is 2. The molecule has 0 heterocycles. The normalized spacial score (nSPS) is 12.5. The lowest BCUT2D eigenvalue weighted by Gasteiger charge is -2.19. The Labute approximate surface area is 114 Å². The number of carboxylic acid groups (broad SMARTS) is 1. The van der Waals surface area contributed by atoms with Crippen LogP contribution in [0.1, 0.15) is 11.1 Å². The van der Waals surface area contributed by atoms with Gasteiger partial charge in [0.05, 0.1) is 7.11 Å². The second-order valence-electron chi connectivity index (χ2n) is 4.76. The Kier molecular flexibility index (Phi) is 5.79. The SMILES string of the molecule is COc1ccc(CCN(C)CC(N)C(=O)O)cc1C. The Hall–Kier alpha value is -1.59. The minimum atomic E-state index is -0.966. The average molecular weight is 266 g/mol. The average Bonchev–Trinajstić information content (AvgIpc) is 2.36. The minimum absolute atomic E-state index is 0.352. The van der Waals surface area contributed by atoms with Crippen LogP contribution in [-0.4, -0.2) is 49.3 Å². The third kappa shape index (κ3) is 4.89. The second-order valence-corrected chi connectivity index (χ2v) is 4.76. The van der Waals surface area contributed by atoms with Crippen molar-refractivity contribution in [3.63, 3.8) is 0 Å². The van der Waals surface area contributed by atoms with Gasteiger partial charge in [0, 0.05) is 13.1 Å². The maximum Gasteiger partial charge on any atom is 0.321 e. The molecule has 0 saturated carbocycles. The molecule has 0 aliphatic heterocycles. The van der Waals surface area contributed by atoms with Crippen molar-refractivity contribution in [1.82, 2.24) is 4.90 Å². The van der Waals surface area contributed by atoms with Crippen molar-refractivity contribution in [2.45, 2.75) is 19.4 Å². The van der Waals surface area contributed by atoms with Gasteiger partial charge in [-0.1, -0.05) is 12.1 Å². The molecule has 106 valence electrons. The molecule has 0 aliphatic carbocycles. The van der Waals surface area contributed by atoms with Gasteiger partial charge in [-0.25, -0.2) is 0 Å². The highest BCUT2D eigenvalue weighted by Crippen LogP contribution is 2.18. The third-order valence-corrected chi connectivity index (χ3v) is 3.07. The molecule has 5 heteroatoms. The molecule has 5 nitrogen and oxygen atoms in total. The number of carbonyl (C=O) groups is 1. The van der Waals surface area contributed by atoms with Gasteiger partial charge in [0.1, 0.15) is 11.8 Å². The lowest BCUT2D eigenvalue weighted by atomic mass is 10.1. The Balaban J connectivity index is 2.48. The molecule has 0 aromatic heterocycles. The van der Waals surface area contributed by atoms with Gasteiger partial charge in [0.2, 0.25) is 0 Å². The van der Waals surface area contributed by atoms with Gasteiger partial charge in [-0.15, -0.1) is 0 Å². The van der Waals surface area contributed by atoms with E-state index >= 15 is 0 Å². The zero-order valence-corrected chi connectivity index (χ0v) is 11.7. The number of aliphatic carboxylic acids is 1. The predicted octanol–water partition coefficient (Wildman–Crippen LogP) is 0.890. The maximum atomic E-state index is 10.7. The van der Waals surface area contributed by atoms with Gasteiger partial charge >= 0.3 is 5.97 Å². The Morgan fingerprint density at radius 1 is 1.53 bits per heavy atom. The summed E-state index contributed by atoms with van der Waals surface area (Å²) in [5.74, 6) is -0.0860. The first-order valence-corrected chi connectivity index (χ1v) is 6.24. The maximum absolute atomic E-state index is 10.7. The first-order chi connectivity index (χ1) is 8.93. The number of nitrogens with zero attached hydrogens (tertiary/aromatic N) is 1. The van der Waals surface area contributed by atoms with Crippen molar-refractivity contribution in [2.24, 2.45) is 5.73 Å². The fraction of sp³-hybridized carbons (Fsp3) is 0.500. The summed E-state index contributed by atoms with van der Waals surface area (Å²) in [5.41, 5.74) is 7.80. The van der Waals surface area contributed by atoms with Crippen LogP contribution in [0.3, 0.4) is 0 Å². The van der Waals surface area contributed by atoms with Gasteiger partial charge in [0.15, 0.2) is 0 Å². The molecular weight excluding hydrogens is 244 g/mol. The van der Waals surface area contributed by atoms with Crippen LogP contribution in [0.25, 0.3) is 0 Å². The zero-order chi connectivity index (χ0) is 14.4. The van der Waals surface area contributed by atoms with Crippen molar-refractivity contribution in [1.29, 1.82) is 0 Å². The quantitative estimate of drug-likeness (QED) is 0.766. The van der Waals surface area contributed by atoms with E-state index in [1.54, 1.807) is 7.11 Å². The summed E-state index contributed by atoms with van der Waals surface area (Å²) in [6.45, 7) is 3.13. The van der Waals surface area contributed by atoms with Crippen LogP contribution >= 0.6 is 0 Å². The number of nitrogens with two attached hydrogens (primary N) is 1. The van der Waals surface area contributed by atoms with Gasteiger partial charge < -0.3 is 20.5 Å². The molecule has 0 saturated heterocycles. The van der Waals surface area contributed by atoms with Crippen LogP contribution in [0.2, 0.25) is 0 Å². The van der Waals surface area contributed by atoms with Crippen molar-refractivity contribution in [3.8, 4) is 5.75 Å². The summed E-state index contributed by atoms with van der Waals surface area (Å²) < 4.78 is 5.21. The lowest BCUT2D eigenvalue weighted by Crippen LogP contribution is -2.41. The lowest BCUT2D eigenvalue weighted by molar-refractivity contribution is -0.138. The molecule has 0 bridgehead atoms. The largest absolute Gasteiger partial charge is 0.496 e. The van der Waals surface area contributed by atoms with Crippen LogP contribution in [0.5, 0.6) is 5.75 Å². The van der Waals surface area contributed by atoms with E-state index in [1.165, 1.54) is 5.56 Å². The number of rotatable bonds is 7. The van der Waals surface area contributed by atoms with E-state index in [1.807, 2.05) is 31.0 Å². The van der Waals surface area contributed by atoms with E-state index < -0.39 is 12.0 Å². The van der Waals surface area contributed by atoms with E-state index in [2.05, 4.69) is 6.07 Å². The van der Waals surface area contributed by atoms with Crippen molar-refractivity contribution in [3.05, 3.63) is 29.3 Å². The molecule has 1 aromatic rings. The monoisotopic (exact) mass is 266 g/mol. The van der Waals surface area contributed by atoms with Gasteiger partial charge in [-0.05, 0) is 37.6 Å². The van der Waals surface area contributed by atoms with Crippen LogP contribution < -0.4 is 10.5 Å². The number of ether oxygens (including phenoxy) is 1. The highest BCUT2D eigenvalue weighted by Gasteiger charge is 2.13. The summed E-state index contributed by atoms with van der Waals surface area (Å²) in [5, 5.41) is 8.74. The fourth-order valence-corrected chi connectivity index (χ4v) is 1.92. The van der Waals surface area contributed by atoms with Crippen molar-refractivity contribution < 1.29 is 14.6 Å². The number of likely N-dealkylation sites (N-methyl/N-ethyl adjacent to an activating group) is 1. The molecule has 3 N–H and O–H groups in total. The molecular formula is C14H22N2O3. The fourth-order valence-electron chi connectivity index (χ4n) is 1.92. The molecule has 1 unspecified atom stereocenters. The highest BCUT2D eigenvalue weighted by atomic mass is 16.5. The van der Waals surface area contributed by atoms with E-state index in [0.29, 0.717) is 6.54 Å². The molecule has 19 heavy (non-hydrogen) atoms. The number of aryl methyl sites for hydroxylation is 1. The Morgan fingerprint density at radius 3 is 2.74 bits per heavy atom. The summed E-state index contributed by atoms with van der Waals surface area (Å²) >= 11 is 0. The van der Waals surface area contributed by atoms with Crippen LogP contribution in [0.4, 0.5) is 0 Å². The Morgan fingerprint density at radius 2 is 2.21 bits per heavy atom. The smallest absolute Gasteiger partial charge is 0.321 e. The summed E-state index contributed by atoms with van der Waals surface area (Å²) in [6.07, 6.45) is 0.855. The van der Waals surface area contributed by atoms with E-state index in [4.69, 9.17) is 15.6 Å². The van der Waals surface area contributed by atoms with Crippen LogP contribution in [0.15, 0.2) is 18.2 Å². The molecule has 0 aliphatic rings. The Bertz CT molecular complexity index is 435. The van der Waals surface area contributed by atoms with Crippen molar-refractivity contribution >= 4 is 5.97 Å². The number of benzene rings is 1. The number of carboxylic acids is 1. The number of methoxy groups -OCH3 is 1. The van der Waals surface area contributed by atoms with Gasteiger partial charge in [0.25, 0.3) is 0 Å². The van der Waals surface area contributed by atoms with Crippen molar-refractivity contribution in [2.75, 3.05) is 27.2 Å². The summed E-state index contributed by atoms with van der Waals surface area (Å²) in [7, 11) is 3.53. The standard InChI is InChI=1S/C14H22N2O3/c1-10-8-11(4-5-13(10)19-3)6-7-16(2)9-12(15)14(17)18/h4-5,8,12H,6-7,9,15H2,1-3H3,(H,17,18). The third-order valence-electron chi connectivity index (χ3n) is 3.07. The zero-order valence-electron chi connectivity index (χ0n) is 11.7.